The molecule has 144 valence electrons. The van der Waals surface area contributed by atoms with Crippen molar-refractivity contribution in [3.8, 4) is 11.4 Å². The van der Waals surface area contributed by atoms with E-state index in [1.54, 1.807) is 49.4 Å². The number of thioether (sulfide) groups is 2. The van der Waals surface area contributed by atoms with Gasteiger partial charge in [0.1, 0.15) is 11.0 Å². The van der Waals surface area contributed by atoms with Gasteiger partial charge in [-0.15, -0.1) is 11.8 Å². The molecule has 1 aliphatic rings. The van der Waals surface area contributed by atoms with Crippen LogP contribution in [0.15, 0.2) is 39.1 Å². The second-order valence-corrected chi connectivity index (χ2v) is 8.91. The molecule has 0 bridgehead atoms. The second-order valence-electron chi connectivity index (χ2n) is 6.15. The maximum Gasteiger partial charge on any atom is 0.319 e. The number of ether oxygens (including phenoxy) is 2. The molecule has 2 aromatic rings. The van der Waals surface area contributed by atoms with Crippen LogP contribution in [0.25, 0.3) is 5.69 Å². The van der Waals surface area contributed by atoms with E-state index < -0.39 is 5.25 Å². The molecule has 2 atom stereocenters. The highest BCUT2D eigenvalue weighted by Crippen LogP contribution is 2.35. The Morgan fingerprint density at radius 3 is 2.74 bits per heavy atom. The summed E-state index contributed by atoms with van der Waals surface area (Å²) in [4.78, 5) is 30.7. The van der Waals surface area contributed by atoms with E-state index in [1.807, 2.05) is 12.1 Å². The minimum Gasteiger partial charge on any atom is -0.497 e. The van der Waals surface area contributed by atoms with Crippen LogP contribution in [0.1, 0.15) is 26.5 Å². The fraction of sp³-hybridized carbons (Fsp3) is 0.421. The molecular formula is C19H22N2O4S2. The van der Waals surface area contributed by atoms with E-state index >= 15 is 0 Å². The van der Waals surface area contributed by atoms with Crippen LogP contribution in [-0.2, 0) is 16.0 Å². The summed E-state index contributed by atoms with van der Waals surface area (Å²) in [6, 6.07) is 7.23. The summed E-state index contributed by atoms with van der Waals surface area (Å²) < 4.78 is 11.9. The zero-order valence-corrected chi connectivity index (χ0v) is 17.4. The number of fused-ring (bicyclic) bond motifs is 1. The average Bonchev–Trinajstić information content (AvgIpc) is 3.03. The monoisotopic (exact) mass is 406 g/mol. The number of benzene rings is 1. The molecule has 0 saturated carbocycles. The maximum absolute atomic E-state index is 13.2. The van der Waals surface area contributed by atoms with Gasteiger partial charge in [-0.1, -0.05) is 18.7 Å². The number of carbonyl (C=O) groups is 1. The van der Waals surface area contributed by atoms with Crippen LogP contribution < -0.4 is 10.3 Å². The number of hydrogen-bond acceptors (Lipinski definition) is 7. The lowest BCUT2D eigenvalue weighted by Gasteiger charge is -2.16. The van der Waals surface area contributed by atoms with Crippen molar-refractivity contribution in [3.05, 3.63) is 40.3 Å². The highest BCUT2D eigenvalue weighted by atomic mass is 32.2. The molecule has 1 aliphatic heterocycles. The molecule has 1 aromatic heterocycles. The fourth-order valence-corrected chi connectivity index (χ4v) is 4.84. The number of carbonyl (C=O) groups excluding carboxylic acids is 1. The minimum atomic E-state index is -0.467. The Morgan fingerprint density at radius 2 is 2.11 bits per heavy atom. The van der Waals surface area contributed by atoms with Crippen molar-refractivity contribution in [1.82, 2.24) is 9.55 Å². The van der Waals surface area contributed by atoms with E-state index in [0.29, 0.717) is 33.3 Å². The topological polar surface area (TPSA) is 70.4 Å². The molecule has 0 N–H and O–H groups in total. The molecule has 0 unspecified atom stereocenters. The van der Waals surface area contributed by atoms with Crippen LogP contribution in [0.3, 0.4) is 0 Å². The molecule has 8 heteroatoms. The van der Waals surface area contributed by atoms with Gasteiger partial charge in [0.05, 0.1) is 30.0 Å². The van der Waals surface area contributed by atoms with Gasteiger partial charge >= 0.3 is 5.97 Å². The highest BCUT2D eigenvalue weighted by molar-refractivity contribution is 8.00. The summed E-state index contributed by atoms with van der Waals surface area (Å²) in [5.41, 5.74) is 1.40. The molecule has 0 aliphatic carbocycles. The smallest absolute Gasteiger partial charge is 0.319 e. The molecule has 0 radical (unpaired) electrons. The summed E-state index contributed by atoms with van der Waals surface area (Å²) in [7, 11) is 1.60. The van der Waals surface area contributed by atoms with Gasteiger partial charge in [-0.2, -0.15) is 0 Å². The van der Waals surface area contributed by atoms with Gasteiger partial charge in [-0.25, -0.2) is 4.98 Å². The fourth-order valence-electron chi connectivity index (χ4n) is 2.80. The van der Waals surface area contributed by atoms with E-state index in [0.717, 1.165) is 12.1 Å². The van der Waals surface area contributed by atoms with Crippen molar-refractivity contribution in [2.24, 2.45) is 0 Å². The molecule has 0 fully saturated rings. The van der Waals surface area contributed by atoms with Crippen molar-refractivity contribution in [1.29, 1.82) is 0 Å². The predicted molar refractivity (Wildman–Crippen MR) is 107 cm³/mol. The van der Waals surface area contributed by atoms with Crippen LogP contribution in [-0.4, -0.2) is 39.7 Å². The predicted octanol–water partition coefficient (Wildman–Crippen LogP) is 3.32. The SMILES string of the molecule is CCOC(=O)[C@@H](C)Sc1nc2c(c(=O)n1-c1ccc(OC)cc1)S[C@H](C)C2. The van der Waals surface area contributed by atoms with E-state index in [9.17, 15) is 9.59 Å². The number of methoxy groups -OCH3 is 1. The third kappa shape index (κ3) is 4.16. The average molecular weight is 407 g/mol. The first-order valence-corrected chi connectivity index (χ1v) is 10.5. The normalized spacial score (nSPS) is 16.7. The molecule has 27 heavy (non-hydrogen) atoms. The quantitative estimate of drug-likeness (QED) is 0.414. The summed E-state index contributed by atoms with van der Waals surface area (Å²) in [5.74, 6) is 0.388. The Labute approximate surface area is 166 Å². The number of rotatable bonds is 6. The van der Waals surface area contributed by atoms with E-state index in [1.165, 1.54) is 11.8 Å². The first-order valence-electron chi connectivity index (χ1n) is 8.74. The Hall–Kier alpha value is -1.93. The number of esters is 1. The van der Waals surface area contributed by atoms with Gasteiger partial charge in [-0.05, 0) is 38.1 Å². The van der Waals surface area contributed by atoms with Crippen LogP contribution in [0.5, 0.6) is 5.75 Å². The van der Waals surface area contributed by atoms with Gasteiger partial charge in [0.2, 0.25) is 0 Å². The van der Waals surface area contributed by atoms with Gasteiger partial charge in [0.15, 0.2) is 5.16 Å². The summed E-state index contributed by atoms with van der Waals surface area (Å²) in [6.07, 6.45) is 0.750. The molecule has 3 rings (SSSR count). The van der Waals surface area contributed by atoms with E-state index in [4.69, 9.17) is 14.5 Å². The number of nitrogens with zero attached hydrogens (tertiary/aromatic N) is 2. The number of aromatic nitrogens is 2. The molecule has 1 aromatic carbocycles. The van der Waals surface area contributed by atoms with Crippen LogP contribution >= 0.6 is 23.5 Å². The molecule has 6 nitrogen and oxygen atoms in total. The van der Waals surface area contributed by atoms with Crippen molar-refractivity contribution < 1.29 is 14.3 Å². The van der Waals surface area contributed by atoms with Gasteiger partial charge in [0.25, 0.3) is 5.56 Å². The lowest BCUT2D eigenvalue weighted by molar-refractivity contribution is -0.142. The Bertz CT molecular complexity index is 896. The second kappa shape index (κ2) is 8.39. The summed E-state index contributed by atoms with van der Waals surface area (Å²) in [6.45, 7) is 5.94. The lowest BCUT2D eigenvalue weighted by atomic mass is 10.2. The van der Waals surface area contributed by atoms with Gasteiger partial charge in [0, 0.05) is 11.7 Å². The lowest BCUT2D eigenvalue weighted by Crippen LogP contribution is -2.25. The standard InChI is InChI=1S/C19H22N2O4S2/c1-5-25-18(23)12(3)27-19-20-15-10-11(2)26-16(15)17(22)21(19)13-6-8-14(24-4)9-7-13/h6-9,11-12H,5,10H2,1-4H3/t11-,12-/m1/s1. The Balaban J connectivity index is 2.07. The van der Waals surface area contributed by atoms with Crippen LogP contribution in [0.2, 0.25) is 0 Å². The van der Waals surface area contributed by atoms with E-state index in [2.05, 4.69) is 6.92 Å². The number of hydrogen-bond donors (Lipinski definition) is 0. The molecule has 2 heterocycles. The summed E-state index contributed by atoms with van der Waals surface area (Å²) >= 11 is 2.80. The first-order chi connectivity index (χ1) is 12.9. The van der Waals surface area contributed by atoms with Crippen molar-refractivity contribution >= 4 is 29.5 Å². The molecule has 0 amide bonds. The summed E-state index contributed by atoms with van der Waals surface area (Å²) in [5, 5.41) is 0.345. The largest absolute Gasteiger partial charge is 0.497 e. The third-order valence-electron chi connectivity index (χ3n) is 4.11. The first kappa shape index (κ1) is 19.8. The molecule has 0 saturated heterocycles. The maximum atomic E-state index is 13.2. The van der Waals surface area contributed by atoms with Gasteiger partial charge in [-0.3, -0.25) is 14.2 Å². The van der Waals surface area contributed by atoms with Crippen LogP contribution in [0, 0.1) is 0 Å². The van der Waals surface area contributed by atoms with Crippen molar-refractivity contribution in [2.45, 2.75) is 47.7 Å². The zero-order valence-electron chi connectivity index (χ0n) is 15.7. The van der Waals surface area contributed by atoms with E-state index in [-0.39, 0.29) is 11.5 Å². The third-order valence-corrected chi connectivity index (χ3v) is 6.36. The minimum absolute atomic E-state index is 0.0990. The highest BCUT2D eigenvalue weighted by Gasteiger charge is 2.28. The van der Waals surface area contributed by atoms with Crippen LogP contribution in [0.4, 0.5) is 0 Å². The Morgan fingerprint density at radius 1 is 1.41 bits per heavy atom. The van der Waals surface area contributed by atoms with Crippen molar-refractivity contribution in [2.75, 3.05) is 13.7 Å². The van der Waals surface area contributed by atoms with Crippen molar-refractivity contribution in [3.63, 3.8) is 0 Å². The zero-order chi connectivity index (χ0) is 19.6. The Kier molecular flexibility index (Phi) is 6.16. The molecular weight excluding hydrogens is 384 g/mol. The molecule has 0 spiro atoms. The van der Waals surface area contributed by atoms with Gasteiger partial charge < -0.3 is 9.47 Å².